The van der Waals surface area contributed by atoms with Crippen LogP contribution in [0.15, 0.2) is 24.3 Å². The fraction of sp³-hybridized carbons (Fsp3) is 0.429. The van der Waals surface area contributed by atoms with E-state index in [0.717, 1.165) is 24.1 Å². The molecule has 2 N–H and O–H groups in total. The summed E-state index contributed by atoms with van der Waals surface area (Å²) in [7, 11) is 1.53. The summed E-state index contributed by atoms with van der Waals surface area (Å²) in [6.07, 6.45) is 1.92. The lowest BCUT2D eigenvalue weighted by atomic mass is 10.0. The second kappa shape index (κ2) is 4.06. The summed E-state index contributed by atoms with van der Waals surface area (Å²) in [6, 6.07) is 7.80. The number of likely N-dealkylation sites (N-methyl/N-ethyl adjacent to an activating group) is 1. The molecule has 100 valence electrons. The number of carbonyl (C=O) groups is 2. The Bertz CT molecular complexity index is 533. The van der Waals surface area contributed by atoms with E-state index in [-0.39, 0.29) is 30.4 Å². The van der Waals surface area contributed by atoms with Crippen LogP contribution in [-0.2, 0) is 15.1 Å². The first kappa shape index (κ1) is 12.2. The van der Waals surface area contributed by atoms with Crippen molar-refractivity contribution in [2.24, 2.45) is 5.73 Å². The Morgan fingerprint density at radius 1 is 1.11 bits per heavy atom. The second-order valence-electron chi connectivity index (χ2n) is 5.38. The number of imide groups is 1. The molecule has 3 rings (SSSR count). The number of amides is 2. The van der Waals surface area contributed by atoms with E-state index >= 15 is 0 Å². The number of carbonyl (C=O) groups excluding carboxylic acids is 2. The van der Waals surface area contributed by atoms with Crippen molar-refractivity contribution in [2.75, 3.05) is 25.0 Å². The van der Waals surface area contributed by atoms with Gasteiger partial charge in [0.05, 0.1) is 13.1 Å². The average Bonchev–Trinajstić information content (AvgIpc) is 3.15. The highest BCUT2D eigenvalue weighted by molar-refractivity contribution is 6.02. The van der Waals surface area contributed by atoms with Crippen LogP contribution >= 0.6 is 0 Å². The largest absolute Gasteiger partial charge is 0.353 e. The van der Waals surface area contributed by atoms with Gasteiger partial charge in [0.1, 0.15) is 0 Å². The van der Waals surface area contributed by atoms with Gasteiger partial charge in [0, 0.05) is 18.3 Å². The van der Waals surface area contributed by atoms with Crippen LogP contribution in [0.25, 0.3) is 0 Å². The maximum Gasteiger partial charge on any atom is 0.248 e. The number of anilines is 1. The number of hydrogen-bond donors (Lipinski definition) is 1. The molecule has 2 amide bonds. The van der Waals surface area contributed by atoms with Crippen LogP contribution in [0.5, 0.6) is 0 Å². The lowest BCUT2D eigenvalue weighted by Crippen LogP contribution is -2.52. The summed E-state index contributed by atoms with van der Waals surface area (Å²) in [6.45, 7) is 0.463. The van der Waals surface area contributed by atoms with E-state index < -0.39 is 0 Å². The molecule has 1 aromatic rings. The van der Waals surface area contributed by atoms with Gasteiger partial charge in [0.15, 0.2) is 0 Å². The smallest absolute Gasteiger partial charge is 0.248 e. The summed E-state index contributed by atoms with van der Waals surface area (Å²) in [5.74, 6) is -0.346. The van der Waals surface area contributed by atoms with E-state index in [2.05, 4.69) is 0 Å². The Labute approximate surface area is 112 Å². The molecular formula is C14H17N3O2. The van der Waals surface area contributed by atoms with Gasteiger partial charge in [-0.1, -0.05) is 18.2 Å². The van der Waals surface area contributed by atoms with Crippen molar-refractivity contribution < 1.29 is 9.59 Å². The molecule has 1 aliphatic carbocycles. The lowest BCUT2D eigenvalue weighted by molar-refractivity contribution is -0.143. The SMILES string of the molecule is CN1C(=O)CN(c2ccccc2C2(N)CC2)CC1=O. The van der Waals surface area contributed by atoms with E-state index in [4.69, 9.17) is 5.73 Å². The highest BCUT2D eigenvalue weighted by atomic mass is 16.2. The van der Waals surface area contributed by atoms with E-state index in [1.165, 1.54) is 11.9 Å². The van der Waals surface area contributed by atoms with Crippen molar-refractivity contribution in [3.05, 3.63) is 29.8 Å². The number of hydrogen-bond acceptors (Lipinski definition) is 4. The zero-order valence-corrected chi connectivity index (χ0v) is 10.9. The molecule has 5 nitrogen and oxygen atoms in total. The average molecular weight is 259 g/mol. The van der Waals surface area contributed by atoms with Crippen LogP contribution < -0.4 is 10.6 Å². The zero-order valence-electron chi connectivity index (χ0n) is 10.9. The quantitative estimate of drug-likeness (QED) is 0.783. The van der Waals surface area contributed by atoms with Gasteiger partial charge in [-0.05, 0) is 24.5 Å². The van der Waals surface area contributed by atoms with Gasteiger partial charge < -0.3 is 10.6 Å². The predicted octanol–water partition coefficient (Wildman–Crippen LogP) is 0.439. The Morgan fingerprint density at radius 3 is 2.26 bits per heavy atom. The summed E-state index contributed by atoms with van der Waals surface area (Å²) >= 11 is 0. The number of nitrogens with two attached hydrogens (primary N) is 1. The van der Waals surface area contributed by atoms with Crippen LogP contribution in [-0.4, -0.2) is 36.9 Å². The van der Waals surface area contributed by atoms with Crippen molar-refractivity contribution in [2.45, 2.75) is 18.4 Å². The van der Waals surface area contributed by atoms with Gasteiger partial charge >= 0.3 is 0 Å². The van der Waals surface area contributed by atoms with Crippen LogP contribution in [0.3, 0.4) is 0 Å². The van der Waals surface area contributed by atoms with Crippen LogP contribution in [0.1, 0.15) is 18.4 Å². The molecule has 1 aromatic carbocycles. The summed E-state index contributed by atoms with van der Waals surface area (Å²) in [5, 5.41) is 0. The molecule has 2 fully saturated rings. The molecule has 5 heteroatoms. The molecule has 0 unspecified atom stereocenters. The maximum atomic E-state index is 11.8. The molecule has 1 heterocycles. The third kappa shape index (κ3) is 2.00. The van der Waals surface area contributed by atoms with Gasteiger partial charge in [-0.3, -0.25) is 14.5 Å². The third-order valence-electron chi connectivity index (χ3n) is 3.97. The highest BCUT2D eigenvalue weighted by Gasteiger charge is 2.43. The Kier molecular flexibility index (Phi) is 2.60. The Hall–Kier alpha value is -1.88. The summed E-state index contributed by atoms with van der Waals surface area (Å²) in [5.41, 5.74) is 7.95. The first-order valence-corrected chi connectivity index (χ1v) is 6.44. The summed E-state index contributed by atoms with van der Waals surface area (Å²) < 4.78 is 0. The van der Waals surface area contributed by atoms with Gasteiger partial charge in [0.2, 0.25) is 11.8 Å². The molecule has 19 heavy (non-hydrogen) atoms. The monoisotopic (exact) mass is 259 g/mol. The number of piperazine rings is 1. The Balaban J connectivity index is 1.95. The fourth-order valence-electron chi connectivity index (χ4n) is 2.48. The molecular weight excluding hydrogens is 242 g/mol. The van der Waals surface area contributed by atoms with Crippen LogP contribution in [0.4, 0.5) is 5.69 Å². The molecule has 0 bridgehead atoms. The third-order valence-corrected chi connectivity index (χ3v) is 3.97. The van der Waals surface area contributed by atoms with Gasteiger partial charge in [-0.15, -0.1) is 0 Å². The molecule has 1 aliphatic heterocycles. The number of rotatable bonds is 2. The lowest BCUT2D eigenvalue weighted by Gasteiger charge is -2.34. The van der Waals surface area contributed by atoms with Crippen molar-refractivity contribution in [1.82, 2.24) is 4.90 Å². The van der Waals surface area contributed by atoms with Crippen LogP contribution in [0.2, 0.25) is 0 Å². The molecule has 0 aromatic heterocycles. The van der Waals surface area contributed by atoms with Crippen molar-refractivity contribution in [1.29, 1.82) is 0 Å². The maximum absolute atomic E-state index is 11.8. The fourth-order valence-corrected chi connectivity index (χ4v) is 2.48. The Morgan fingerprint density at radius 2 is 1.68 bits per heavy atom. The molecule has 1 saturated carbocycles. The zero-order chi connectivity index (χ0) is 13.6. The predicted molar refractivity (Wildman–Crippen MR) is 71.5 cm³/mol. The number of benzene rings is 1. The molecule has 0 atom stereocenters. The van der Waals surface area contributed by atoms with Gasteiger partial charge in [0.25, 0.3) is 0 Å². The molecule has 0 radical (unpaired) electrons. The first-order valence-electron chi connectivity index (χ1n) is 6.44. The standard InChI is InChI=1S/C14H17N3O2/c1-16-12(18)8-17(9-13(16)19)11-5-3-2-4-10(11)14(15)6-7-14/h2-5H,6-9,15H2,1H3. The molecule has 1 saturated heterocycles. The number of nitrogens with zero attached hydrogens (tertiary/aromatic N) is 2. The van der Waals surface area contributed by atoms with E-state index in [1.54, 1.807) is 0 Å². The van der Waals surface area contributed by atoms with Crippen molar-refractivity contribution in [3.63, 3.8) is 0 Å². The normalized spacial score (nSPS) is 21.8. The highest BCUT2D eigenvalue weighted by Crippen LogP contribution is 2.46. The summed E-state index contributed by atoms with van der Waals surface area (Å²) in [4.78, 5) is 26.6. The number of para-hydroxylation sites is 1. The van der Waals surface area contributed by atoms with Crippen molar-refractivity contribution in [3.8, 4) is 0 Å². The van der Waals surface area contributed by atoms with Crippen molar-refractivity contribution >= 4 is 17.5 Å². The van der Waals surface area contributed by atoms with E-state index in [1.807, 2.05) is 29.2 Å². The van der Waals surface area contributed by atoms with Crippen LogP contribution in [0, 0.1) is 0 Å². The first-order chi connectivity index (χ1) is 9.01. The van der Waals surface area contributed by atoms with E-state index in [0.29, 0.717) is 0 Å². The van der Waals surface area contributed by atoms with E-state index in [9.17, 15) is 9.59 Å². The molecule has 0 spiro atoms. The second-order valence-corrected chi connectivity index (χ2v) is 5.38. The minimum Gasteiger partial charge on any atom is -0.353 e. The van der Waals surface area contributed by atoms with Gasteiger partial charge in [-0.25, -0.2) is 0 Å². The topological polar surface area (TPSA) is 66.6 Å². The minimum absolute atomic E-state index is 0.173. The van der Waals surface area contributed by atoms with Gasteiger partial charge in [-0.2, -0.15) is 0 Å². The minimum atomic E-state index is -0.272. The molecule has 2 aliphatic rings.